The zero-order chi connectivity index (χ0) is 16.4. The van der Waals surface area contributed by atoms with Gasteiger partial charge in [0.25, 0.3) is 5.16 Å². The topological polar surface area (TPSA) is 105 Å². The molecule has 7 nitrogen and oxygen atoms in total. The van der Waals surface area contributed by atoms with E-state index in [2.05, 4.69) is 20.5 Å². The highest BCUT2D eigenvalue weighted by Gasteiger charge is 2.34. The van der Waals surface area contributed by atoms with Crippen molar-refractivity contribution in [1.82, 2.24) is 20.5 Å². The average Bonchev–Trinajstić information content (AvgIpc) is 2.84. The molecule has 2 N–H and O–H groups in total. The van der Waals surface area contributed by atoms with Gasteiger partial charge in [-0.05, 0) is 12.8 Å². The Morgan fingerprint density at radius 3 is 2.29 bits per heavy atom. The Hall–Kier alpha value is -1.44. The molecule has 8 heteroatoms. The first kappa shape index (κ1) is 17.6. The molecule has 0 fully saturated rings. The van der Waals surface area contributed by atoms with Gasteiger partial charge in [-0.25, -0.2) is 13.4 Å². The van der Waals surface area contributed by atoms with Crippen LogP contribution in [0.1, 0.15) is 47.4 Å². The first-order valence-corrected chi connectivity index (χ1v) is 8.45. The molecule has 0 aromatic carbocycles. The third-order valence-electron chi connectivity index (χ3n) is 2.95. The molecule has 21 heavy (non-hydrogen) atoms. The number of carbonyl (C=O) groups excluding carboxylic acids is 1. The fraction of sp³-hybridized carbons (Fsp3) is 0.769. The standard InChI is InChI=1S/C13H24N4O3S/c1-8(2)7-14-10(18)9(3)21(19,20)12-15-11(16-17-12)13(4,5)6/h8-9H,7H2,1-6H3,(H,14,18)(H,15,16,17)/t9-/m0/s1. The fourth-order valence-corrected chi connectivity index (χ4v) is 2.53. The molecule has 0 aliphatic heterocycles. The summed E-state index contributed by atoms with van der Waals surface area (Å²) in [6.07, 6.45) is 0. The summed E-state index contributed by atoms with van der Waals surface area (Å²) in [5, 5.41) is 7.43. The van der Waals surface area contributed by atoms with Gasteiger partial charge in [0.15, 0.2) is 0 Å². The van der Waals surface area contributed by atoms with Gasteiger partial charge in [0, 0.05) is 12.0 Å². The van der Waals surface area contributed by atoms with Gasteiger partial charge >= 0.3 is 0 Å². The van der Waals surface area contributed by atoms with Crippen LogP contribution in [0.5, 0.6) is 0 Å². The number of aromatic nitrogens is 3. The maximum absolute atomic E-state index is 12.4. The van der Waals surface area contributed by atoms with E-state index in [1.807, 2.05) is 34.6 Å². The molecule has 0 saturated heterocycles. The number of hydrogen-bond acceptors (Lipinski definition) is 5. The summed E-state index contributed by atoms with van der Waals surface area (Å²) < 4.78 is 24.7. The predicted molar refractivity (Wildman–Crippen MR) is 79.6 cm³/mol. The van der Waals surface area contributed by atoms with Gasteiger partial charge in [0.05, 0.1) is 0 Å². The molecule has 0 bridgehead atoms. The number of nitrogens with zero attached hydrogens (tertiary/aromatic N) is 2. The van der Waals surface area contributed by atoms with Crippen molar-refractivity contribution in [2.75, 3.05) is 6.54 Å². The van der Waals surface area contributed by atoms with Crippen LogP contribution in [0.2, 0.25) is 0 Å². The van der Waals surface area contributed by atoms with Crippen LogP contribution in [0.3, 0.4) is 0 Å². The monoisotopic (exact) mass is 316 g/mol. The highest BCUT2D eigenvalue weighted by Crippen LogP contribution is 2.20. The van der Waals surface area contributed by atoms with Gasteiger partial charge in [-0.3, -0.25) is 9.89 Å². The van der Waals surface area contributed by atoms with Crippen LogP contribution in [0.15, 0.2) is 5.16 Å². The van der Waals surface area contributed by atoms with Crippen molar-refractivity contribution in [2.45, 2.75) is 57.4 Å². The minimum atomic E-state index is -3.89. The van der Waals surface area contributed by atoms with Crippen molar-refractivity contribution in [3.8, 4) is 0 Å². The van der Waals surface area contributed by atoms with Crippen LogP contribution < -0.4 is 5.32 Å². The number of carbonyl (C=O) groups is 1. The van der Waals surface area contributed by atoms with Gasteiger partial charge in [-0.1, -0.05) is 34.6 Å². The van der Waals surface area contributed by atoms with E-state index >= 15 is 0 Å². The van der Waals surface area contributed by atoms with Crippen molar-refractivity contribution < 1.29 is 13.2 Å². The number of aromatic amines is 1. The van der Waals surface area contributed by atoms with E-state index in [1.165, 1.54) is 6.92 Å². The Kier molecular flexibility index (Phi) is 5.14. The van der Waals surface area contributed by atoms with E-state index in [9.17, 15) is 13.2 Å². The fourth-order valence-electron chi connectivity index (χ4n) is 1.46. The predicted octanol–water partition coefficient (Wildman–Crippen LogP) is 1.04. The molecule has 120 valence electrons. The molecule has 1 heterocycles. The molecule has 0 spiro atoms. The minimum absolute atomic E-state index is 0.250. The maximum Gasteiger partial charge on any atom is 0.267 e. The average molecular weight is 316 g/mol. The molecular weight excluding hydrogens is 292 g/mol. The van der Waals surface area contributed by atoms with E-state index in [1.54, 1.807) is 0 Å². The summed E-state index contributed by atoms with van der Waals surface area (Å²) >= 11 is 0. The number of amides is 1. The second-order valence-electron chi connectivity index (χ2n) is 6.54. The van der Waals surface area contributed by atoms with Gasteiger partial charge in [0.2, 0.25) is 15.7 Å². The Balaban J connectivity index is 2.95. The normalized spacial score (nSPS) is 14.2. The van der Waals surface area contributed by atoms with Gasteiger partial charge < -0.3 is 5.32 Å². The van der Waals surface area contributed by atoms with Crippen molar-refractivity contribution in [3.63, 3.8) is 0 Å². The molecule has 0 saturated carbocycles. The van der Waals surface area contributed by atoms with Gasteiger partial charge in [-0.15, -0.1) is 5.10 Å². The molecule has 1 aromatic heterocycles. The SMILES string of the molecule is CC(C)CNC(=O)[C@H](C)S(=O)(=O)c1n[nH]c(C(C)(C)C)n1. The van der Waals surface area contributed by atoms with E-state index in [4.69, 9.17) is 0 Å². The first-order chi connectivity index (χ1) is 9.46. The minimum Gasteiger partial charge on any atom is -0.355 e. The van der Waals surface area contributed by atoms with Crippen LogP contribution in [0.25, 0.3) is 0 Å². The molecule has 0 unspecified atom stereocenters. The smallest absolute Gasteiger partial charge is 0.267 e. The summed E-state index contributed by atoms with van der Waals surface area (Å²) in [7, 11) is -3.89. The number of sulfone groups is 1. The Morgan fingerprint density at radius 2 is 1.86 bits per heavy atom. The zero-order valence-electron chi connectivity index (χ0n) is 13.4. The first-order valence-electron chi connectivity index (χ1n) is 6.90. The second-order valence-corrected chi connectivity index (χ2v) is 8.71. The van der Waals surface area contributed by atoms with Crippen LogP contribution >= 0.6 is 0 Å². The quantitative estimate of drug-likeness (QED) is 0.844. The molecule has 0 aliphatic carbocycles. The largest absolute Gasteiger partial charge is 0.355 e. The molecule has 1 amide bonds. The Bertz CT molecular complexity index is 599. The lowest BCUT2D eigenvalue weighted by atomic mass is 9.96. The maximum atomic E-state index is 12.4. The lowest BCUT2D eigenvalue weighted by molar-refractivity contribution is -0.120. The van der Waals surface area contributed by atoms with E-state index in [0.29, 0.717) is 12.4 Å². The number of H-pyrrole nitrogens is 1. The lowest BCUT2D eigenvalue weighted by Gasteiger charge is -2.14. The van der Waals surface area contributed by atoms with Crippen LogP contribution in [-0.4, -0.2) is 41.3 Å². The number of nitrogens with one attached hydrogen (secondary N) is 2. The van der Waals surface area contributed by atoms with Crippen molar-refractivity contribution >= 4 is 15.7 Å². The van der Waals surface area contributed by atoms with E-state index in [-0.39, 0.29) is 16.5 Å². The molecular formula is C13H24N4O3S. The van der Waals surface area contributed by atoms with Gasteiger partial charge in [-0.2, -0.15) is 0 Å². The van der Waals surface area contributed by atoms with Gasteiger partial charge in [0.1, 0.15) is 11.1 Å². The van der Waals surface area contributed by atoms with Crippen molar-refractivity contribution in [1.29, 1.82) is 0 Å². The third-order valence-corrected chi connectivity index (χ3v) is 4.79. The third kappa shape index (κ3) is 4.26. The molecule has 1 aromatic rings. The number of rotatable bonds is 5. The Labute approximate surface area is 125 Å². The zero-order valence-corrected chi connectivity index (χ0v) is 14.2. The highest BCUT2D eigenvalue weighted by molar-refractivity contribution is 7.92. The van der Waals surface area contributed by atoms with Crippen LogP contribution in [0, 0.1) is 5.92 Å². The van der Waals surface area contributed by atoms with Crippen molar-refractivity contribution in [3.05, 3.63) is 5.82 Å². The summed E-state index contributed by atoms with van der Waals surface area (Å²) in [5.41, 5.74) is -0.343. The summed E-state index contributed by atoms with van der Waals surface area (Å²) in [6.45, 7) is 11.3. The summed E-state index contributed by atoms with van der Waals surface area (Å²) in [6, 6.07) is 0. The molecule has 1 atom stereocenters. The van der Waals surface area contributed by atoms with Crippen LogP contribution in [-0.2, 0) is 20.0 Å². The van der Waals surface area contributed by atoms with Crippen molar-refractivity contribution in [2.24, 2.45) is 5.92 Å². The lowest BCUT2D eigenvalue weighted by Crippen LogP contribution is -2.39. The number of hydrogen-bond donors (Lipinski definition) is 2. The molecule has 1 rings (SSSR count). The molecule has 0 aliphatic rings. The highest BCUT2D eigenvalue weighted by atomic mass is 32.2. The van der Waals surface area contributed by atoms with E-state index in [0.717, 1.165) is 0 Å². The summed E-state index contributed by atoms with van der Waals surface area (Å²) in [4.78, 5) is 15.9. The van der Waals surface area contributed by atoms with Crippen LogP contribution in [0.4, 0.5) is 0 Å². The Morgan fingerprint density at radius 1 is 1.29 bits per heavy atom. The molecule has 0 radical (unpaired) electrons. The van der Waals surface area contributed by atoms with E-state index < -0.39 is 21.0 Å². The second kappa shape index (κ2) is 6.13. The summed E-state index contributed by atoms with van der Waals surface area (Å²) in [5.74, 6) is 0.182.